The van der Waals surface area contributed by atoms with Crippen LogP contribution in [0, 0.1) is 6.92 Å². The molecule has 0 unspecified atom stereocenters. The number of nitrogens with zero attached hydrogens (tertiary/aromatic N) is 5. The fourth-order valence-electron chi connectivity index (χ4n) is 8.44. The largest absolute Gasteiger partial charge is 0.493 e. The Balaban J connectivity index is 0.963. The van der Waals surface area contributed by atoms with Gasteiger partial charge in [0.25, 0.3) is 11.8 Å². The van der Waals surface area contributed by atoms with Crippen molar-refractivity contribution in [2.45, 2.75) is 57.9 Å². The summed E-state index contributed by atoms with van der Waals surface area (Å²) in [6, 6.07) is 28.7. The van der Waals surface area contributed by atoms with Crippen molar-refractivity contribution in [1.29, 1.82) is 0 Å². The number of anilines is 3. The Kier molecular flexibility index (Phi) is 9.84. The first-order valence-corrected chi connectivity index (χ1v) is 19.7. The molecule has 2 amide bonds. The molecule has 9 rings (SSSR count). The van der Waals surface area contributed by atoms with E-state index in [2.05, 4.69) is 6.07 Å². The highest BCUT2D eigenvalue weighted by molar-refractivity contribution is 6.15. The van der Waals surface area contributed by atoms with Crippen LogP contribution in [-0.4, -0.2) is 68.1 Å². The number of para-hydroxylation sites is 2. The molecule has 0 saturated carbocycles. The van der Waals surface area contributed by atoms with Gasteiger partial charge in [0.2, 0.25) is 0 Å². The summed E-state index contributed by atoms with van der Waals surface area (Å²) < 4.78 is 18.6. The number of aliphatic imine (C=N–C) groups is 2. The molecule has 298 valence electrons. The monoisotopic (exact) mass is 789 g/mol. The van der Waals surface area contributed by atoms with E-state index in [9.17, 15) is 19.5 Å². The van der Waals surface area contributed by atoms with Gasteiger partial charge in [-0.25, -0.2) is 0 Å². The van der Waals surface area contributed by atoms with Crippen LogP contribution < -0.4 is 28.9 Å². The SMILES string of the molecule is COc1cc2c(cc1OCc1cc(COc3cc4c(cc3C)C(=O)N3c5ccccc5C[C@H]3C=N4)cc(N(C)CCCC(=O)O)c1)N=C[C@@H]1Cc3ccccc3N1C2=O. The maximum atomic E-state index is 13.9. The van der Waals surface area contributed by atoms with Gasteiger partial charge in [-0.3, -0.25) is 34.2 Å². The molecule has 4 aliphatic rings. The summed E-state index contributed by atoms with van der Waals surface area (Å²) in [5.74, 6) is 0.399. The number of ether oxygens (including phenoxy) is 3. The molecule has 0 saturated heterocycles. The highest BCUT2D eigenvalue weighted by atomic mass is 16.5. The molecule has 12 heteroatoms. The molecule has 0 spiro atoms. The zero-order valence-electron chi connectivity index (χ0n) is 33.1. The molecular formula is C47H43N5O7. The highest BCUT2D eigenvalue weighted by Crippen LogP contribution is 2.42. The Morgan fingerprint density at radius 2 is 1.29 bits per heavy atom. The predicted octanol–water partition coefficient (Wildman–Crippen LogP) is 8.04. The topological polar surface area (TPSA) is 134 Å². The number of benzene rings is 5. The second-order valence-corrected chi connectivity index (χ2v) is 15.4. The molecule has 5 aromatic carbocycles. The Bertz CT molecular complexity index is 2580. The van der Waals surface area contributed by atoms with Gasteiger partial charge in [-0.1, -0.05) is 36.4 Å². The Morgan fingerprint density at radius 1 is 0.746 bits per heavy atom. The van der Waals surface area contributed by atoms with Crippen molar-refractivity contribution in [3.63, 3.8) is 0 Å². The first-order valence-electron chi connectivity index (χ1n) is 19.7. The Hall–Kier alpha value is -6.95. The lowest BCUT2D eigenvalue weighted by molar-refractivity contribution is -0.137. The minimum absolute atomic E-state index is 0.0604. The number of aliphatic carboxylic acids is 1. The lowest BCUT2D eigenvalue weighted by Gasteiger charge is -2.22. The minimum Gasteiger partial charge on any atom is -0.493 e. The molecule has 1 N–H and O–H groups in total. The number of carboxylic acid groups (broad SMARTS) is 1. The summed E-state index contributed by atoms with van der Waals surface area (Å²) in [5.41, 5.74) is 9.47. The third-order valence-electron chi connectivity index (χ3n) is 11.4. The molecular weight excluding hydrogens is 747 g/mol. The number of carboxylic acids is 1. The van der Waals surface area contributed by atoms with Crippen molar-refractivity contribution < 1.29 is 33.7 Å². The molecule has 0 radical (unpaired) electrons. The number of hydrogen-bond acceptors (Lipinski definition) is 9. The van der Waals surface area contributed by atoms with Gasteiger partial charge in [0.05, 0.1) is 41.7 Å². The van der Waals surface area contributed by atoms with Crippen molar-refractivity contribution in [3.8, 4) is 17.2 Å². The summed E-state index contributed by atoms with van der Waals surface area (Å²) in [6.45, 7) is 2.83. The van der Waals surface area contributed by atoms with Gasteiger partial charge in [0.15, 0.2) is 11.5 Å². The lowest BCUT2D eigenvalue weighted by atomic mass is 10.1. The minimum atomic E-state index is -0.840. The van der Waals surface area contributed by atoms with E-state index >= 15 is 0 Å². The van der Waals surface area contributed by atoms with E-state index in [1.807, 2.05) is 109 Å². The number of amides is 2. The van der Waals surface area contributed by atoms with E-state index in [1.54, 1.807) is 24.1 Å². The van der Waals surface area contributed by atoms with Crippen LogP contribution in [0.3, 0.4) is 0 Å². The molecule has 59 heavy (non-hydrogen) atoms. The van der Waals surface area contributed by atoms with Crippen LogP contribution in [0.25, 0.3) is 0 Å². The second kappa shape index (κ2) is 15.4. The molecule has 4 heterocycles. The summed E-state index contributed by atoms with van der Waals surface area (Å²) in [5, 5.41) is 9.25. The first kappa shape index (κ1) is 37.6. The first-order chi connectivity index (χ1) is 28.6. The van der Waals surface area contributed by atoms with Crippen LogP contribution in [0.4, 0.5) is 28.4 Å². The second-order valence-electron chi connectivity index (χ2n) is 15.4. The van der Waals surface area contributed by atoms with Crippen LogP contribution in [0.5, 0.6) is 17.2 Å². The molecule has 0 aliphatic carbocycles. The van der Waals surface area contributed by atoms with Gasteiger partial charge in [0.1, 0.15) is 19.0 Å². The highest BCUT2D eigenvalue weighted by Gasteiger charge is 2.38. The van der Waals surface area contributed by atoms with E-state index < -0.39 is 5.97 Å². The van der Waals surface area contributed by atoms with Crippen molar-refractivity contribution in [2.75, 3.05) is 35.4 Å². The number of methoxy groups -OCH3 is 1. The van der Waals surface area contributed by atoms with E-state index in [-0.39, 0.29) is 43.5 Å². The molecule has 0 bridgehead atoms. The van der Waals surface area contributed by atoms with Gasteiger partial charge in [-0.2, -0.15) is 0 Å². The third-order valence-corrected chi connectivity index (χ3v) is 11.4. The van der Waals surface area contributed by atoms with Gasteiger partial charge in [-0.15, -0.1) is 0 Å². The fraction of sp³-hybridized carbons (Fsp3) is 0.255. The summed E-state index contributed by atoms with van der Waals surface area (Å²) in [7, 11) is 3.47. The lowest BCUT2D eigenvalue weighted by Crippen LogP contribution is -2.37. The van der Waals surface area contributed by atoms with E-state index in [0.717, 1.165) is 51.3 Å². The van der Waals surface area contributed by atoms with Gasteiger partial charge in [0, 0.05) is 74.5 Å². The average Bonchev–Trinajstić information content (AvgIpc) is 3.73. The van der Waals surface area contributed by atoms with E-state index in [0.29, 0.717) is 59.1 Å². The molecule has 5 aromatic rings. The van der Waals surface area contributed by atoms with Crippen molar-refractivity contribution in [2.24, 2.45) is 9.98 Å². The van der Waals surface area contributed by atoms with Crippen molar-refractivity contribution >= 4 is 58.6 Å². The van der Waals surface area contributed by atoms with Crippen molar-refractivity contribution in [3.05, 3.63) is 130 Å². The molecule has 0 aromatic heterocycles. The average molecular weight is 790 g/mol. The van der Waals surface area contributed by atoms with Crippen LogP contribution in [-0.2, 0) is 30.8 Å². The standard InChI is InChI=1S/C47H43N5O7/c1-28-15-36-38(48-24-34-19-31-9-4-6-11-40(31)51(34)46(36)55)22-42(28)58-26-29-16-30(18-33(17-29)50(2)14-8-13-45(53)54)27-59-44-23-39-37(21-43(44)57-3)47(56)52-35(25-49-39)20-32-10-5-7-12-41(32)52/h4-7,9-12,15-18,21-25,34-35H,8,13-14,19-20,26-27H2,1-3H3,(H,53,54)/t34-,35-/m0/s1. The zero-order valence-corrected chi connectivity index (χ0v) is 33.1. The van der Waals surface area contributed by atoms with Gasteiger partial charge >= 0.3 is 5.97 Å². The summed E-state index contributed by atoms with van der Waals surface area (Å²) >= 11 is 0. The molecule has 4 aliphatic heterocycles. The molecule has 2 atom stereocenters. The van der Waals surface area contributed by atoms with Crippen LogP contribution in [0.1, 0.15) is 61.4 Å². The fourth-order valence-corrected chi connectivity index (χ4v) is 8.44. The number of hydrogen-bond donors (Lipinski definition) is 1. The molecule has 0 fully saturated rings. The quantitative estimate of drug-likeness (QED) is 0.134. The zero-order chi connectivity index (χ0) is 40.8. The van der Waals surface area contributed by atoms with Crippen LogP contribution in [0.15, 0.2) is 101 Å². The maximum Gasteiger partial charge on any atom is 0.303 e. The predicted molar refractivity (Wildman–Crippen MR) is 227 cm³/mol. The normalized spacial score (nSPS) is 16.9. The maximum absolute atomic E-state index is 13.9. The van der Waals surface area contributed by atoms with E-state index in [1.165, 1.54) is 0 Å². The van der Waals surface area contributed by atoms with Crippen molar-refractivity contribution in [1.82, 2.24) is 0 Å². The van der Waals surface area contributed by atoms with E-state index in [4.69, 9.17) is 24.2 Å². The van der Waals surface area contributed by atoms with Crippen LogP contribution in [0.2, 0.25) is 0 Å². The van der Waals surface area contributed by atoms with Crippen LogP contribution >= 0.6 is 0 Å². The smallest absolute Gasteiger partial charge is 0.303 e. The number of rotatable bonds is 12. The summed E-state index contributed by atoms with van der Waals surface area (Å²) in [6.07, 6.45) is 5.63. The Morgan fingerprint density at radius 3 is 1.86 bits per heavy atom. The summed E-state index contributed by atoms with van der Waals surface area (Å²) in [4.78, 5) is 54.3. The van der Waals surface area contributed by atoms with Gasteiger partial charge < -0.3 is 24.2 Å². The number of carbonyl (C=O) groups is 3. The number of aryl methyl sites for hydroxylation is 1. The Labute approximate surface area is 342 Å². The van der Waals surface area contributed by atoms with Gasteiger partial charge in [-0.05, 0) is 83.6 Å². The molecule has 12 nitrogen and oxygen atoms in total. The number of carbonyl (C=O) groups excluding carboxylic acids is 2. The third kappa shape index (κ3) is 7.15. The number of fused-ring (bicyclic) bond motifs is 8.